The van der Waals surface area contributed by atoms with Crippen LogP contribution in [0.15, 0.2) is 12.3 Å². The maximum Gasteiger partial charge on any atom is 0.226 e. The van der Waals surface area contributed by atoms with E-state index in [1.165, 1.54) is 0 Å². The van der Waals surface area contributed by atoms with Gasteiger partial charge in [0, 0.05) is 33.3 Å². The van der Waals surface area contributed by atoms with Crippen molar-refractivity contribution in [3.05, 3.63) is 12.3 Å². The first kappa shape index (κ1) is 13.0. The molecule has 90 valence electrons. The second-order valence-corrected chi connectivity index (χ2v) is 3.90. The fraction of sp³-hybridized carbons (Fsp3) is 0.600. The van der Waals surface area contributed by atoms with E-state index in [1.54, 1.807) is 13.3 Å². The maximum atomic E-state index is 5.80. The second-order valence-electron chi connectivity index (χ2n) is 3.59. The first-order valence-electron chi connectivity index (χ1n) is 4.99. The number of hydrogen-bond acceptors (Lipinski definition) is 5. The summed E-state index contributed by atoms with van der Waals surface area (Å²) in [6.45, 7) is 0.546. The number of rotatable bonds is 6. The summed E-state index contributed by atoms with van der Waals surface area (Å²) in [7, 11) is 5.44. The van der Waals surface area contributed by atoms with Gasteiger partial charge in [-0.05, 0) is 6.07 Å². The summed E-state index contributed by atoms with van der Waals surface area (Å²) in [5, 5.41) is 3.19. The van der Waals surface area contributed by atoms with Crippen LogP contribution in [-0.4, -0.2) is 49.7 Å². The molecular weight excluding hydrogens is 228 g/mol. The van der Waals surface area contributed by atoms with E-state index in [-0.39, 0.29) is 6.04 Å². The molecular formula is C10H17ClN4O. The van der Waals surface area contributed by atoms with Crippen molar-refractivity contribution in [2.75, 3.05) is 43.9 Å². The quantitative estimate of drug-likeness (QED) is 0.763. The number of aromatic nitrogens is 2. The third-order valence-corrected chi connectivity index (χ3v) is 2.32. The molecule has 0 saturated carbocycles. The summed E-state index contributed by atoms with van der Waals surface area (Å²) in [5.41, 5.74) is 0. The molecule has 0 amide bonds. The van der Waals surface area contributed by atoms with E-state index in [0.717, 1.165) is 5.82 Å². The van der Waals surface area contributed by atoms with Gasteiger partial charge in [-0.1, -0.05) is 0 Å². The summed E-state index contributed by atoms with van der Waals surface area (Å²) < 4.78 is 5.04. The number of anilines is 2. The Morgan fingerprint density at radius 3 is 2.88 bits per heavy atom. The van der Waals surface area contributed by atoms with Crippen molar-refractivity contribution in [2.45, 2.75) is 6.04 Å². The number of ether oxygens (including phenoxy) is 1. The van der Waals surface area contributed by atoms with E-state index in [2.05, 4.69) is 15.3 Å². The molecule has 5 nitrogen and oxygen atoms in total. The molecule has 6 heteroatoms. The monoisotopic (exact) mass is 244 g/mol. The molecule has 0 spiro atoms. The third-order valence-electron chi connectivity index (χ3n) is 1.95. The molecule has 1 N–H and O–H groups in total. The molecule has 1 unspecified atom stereocenters. The van der Waals surface area contributed by atoms with Gasteiger partial charge in [-0.15, -0.1) is 11.6 Å². The molecule has 0 bridgehead atoms. The zero-order valence-electron chi connectivity index (χ0n) is 9.77. The molecule has 1 aromatic heterocycles. The molecule has 0 aliphatic heterocycles. The zero-order valence-corrected chi connectivity index (χ0v) is 10.5. The predicted octanol–water partition coefficient (Wildman–Crippen LogP) is 1.21. The largest absolute Gasteiger partial charge is 0.383 e. The molecule has 0 radical (unpaired) electrons. The third kappa shape index (κ3) is 3.83. The standard InChI is InChI=1S/C10H17ClN4O/c1-15(2)10-12-5-4-9(14-10)13-8(6-11)7-16-3/h4-5,8H,6-7H2,1-3H3,(H,12,13,14). The van der Waals surface area contributed by atoms with Crippen molar-refractivity contribution in [1.82, 2.24) is 9.97 Å². The van der Waals surface area contributed by atoms with Gasteiger partial charge in [-0.3, -0.25) is 0 Å². The van der Waals surface area contributed by atoms with Crippen LogP contribution in [-0.2, 0) is 4.74 Å². The van der Waals surface area contributed by atoms with Crippen molar-refractivity contribution in [3.63, 3.8) is 0 Å². The van der Waals surface area contributed by atoms with Gasteiger partial charge in [0.15, 0.2) is 0 Å². The molecule has 0 saturated heterocycles. The predicted molar refractivity (Wildman–Crippen MR) is 66.4 cm³/mol. The smallest absolute Gasteiger partial charge is 0.226 e. The van der Waals surface area contributed by atoms with Crippen molar-refractivity contribution in [3.8, 4) is 0 Å². The lowest BCUT2D eigenvalue weighted by atomic mass is 10.3. The van der Waals surface area contributed by atoms with Crippen LogP contribution in [0, 0.1) is 0 Å². The summed E-state index contributed by atoms with van der Waals surface area (Å²) in [6.07, 6.45) is 1.71. The minimum absolute atomic E-state index is 0.0524. The Bertz CT molecular complexity index is 321. The Labute approximate surface area is 101 Å². The highest BCUT2D eigenvalue weighted by Crippen LogP contribution is 2.09. The van der Waals surface area contributed by atoms with E-state index in [9.17, 15) is 0 Å². The van der Waals surface area contributed by atoms with Gasteiger partial charge in [-0.25, -0.2) is 4.98 Å². The Morgan fingerprint density at radius 2 is 2.31 bits per heavy atom. The van der Waals surface area contributed by atoms with Crippen LogP contribution in [0.4, 0.5) is 11.8 Å². The van der Waals surface area contributed by atoms with E-state index >= 15 is 0 Å². The van der Waals surface area contributed by atoms with Crippen molar-refractivity contribution < 1.29 is 4.74 Å². The molecule has 1 aromatic rings. The highest BCUT2D eigenvalue weighted by molar-refractivity contribution is 6.18. The van der Waals surface area contributed by atoms with Gasteiger partial charge in [0.25, 0.3) is 0 Å². The number of halogens is 1. The zero-order chi connectivity index (χ0) is 12.0. The molecule has 0 aliphatic carbocycles. The van der Waals surface area contributed by atoms with Crippen LogP contribution >= 0.6 is 11.6 Å². The van der Waals surface area contributed by atoms with E-state index in [1.807, 2.05) is 25.1 Å². The first-order chi connectivity index (χ1) is 7.67. The fourth-order valence-electron chi connectivity index (χ4n) is 1.18. The topological polar surface area (TPSA) is 50.3 Å². The Balaban J connectivity index is 2.68. The number of nitrogens with one attached hydrogen (secondary N) is 1. The molecule has 0 aromatic carbocycles. The normalized spacial score (nSPS) is 12.2. The van der Waals surface area contributed by atoms with Gasteiger partial charge in [0.2, 0.25) is 5.95 Å². The second kappa shape index (κ2) is 6.50. The molecule has 0 aliphatic rings. The van der Waals surface area contributed by atoms with Gasteiger partial charge >= 0.3 is 0 Å². The highest BCUT2D eigenvalue weighted by atomic mass is 35.5. The van der Waals surface area contributed by atoms with Crippen LogP contribution in [0.2, 0.25) is 0 Å². The van der Waals surface area contributed by atoms with Crippen LogP contribution in [0.3, 0.4) is 0 Å². The Morgan fingerprint density at radius 1 is 1.56 bits per heavy atom. The van der Waals surface area contributed by atoms with E-state index < -0.39 is 0 Å². The lowest BCUT2D eigenvalue weighted by Crippen LogP contribution is -2.27. The number of nitrogens with zero attached hydrogens (tertiary/aromatic N) is 3. The van der Waals surface area contributed by atoms with Gasteiger partial charge < -0.3 is 15.0 Å². The summed E-state index contributed by atoms with van der Waals surface area (Å²) in [6, 6.07) is 1.86. The average molecular weight is 245 g/mol. The Hall–Kier alpha value is -1.07. The molecule has 1 atom stereocenters. The fourth-order valence-corrected chi connectivity index (χ4v) is 1.35. The van der Waals surface area contributed by atoms with Crippen LogP contribution < -0.4 is 10.2 Å². The van der Waals surface area contributed by atoms with E-state index in [0.29, 0.717) is 18.4 Å². The lowest BCUT2D eigenvalue weighted by Gasteiger charge is -2.17. The van der Waals surface area contributed by atoms with Crippen molar-refractivity contribution in [1.29, 1.82) is 0 Å². The average Bonchev–Trinajstić information content (AvgIpc) is 2.29. The minimum Gasteiger partial charge on any atom is -0.383 e. The number of methoxy groups -OCH3 is 1. The summed E-state index contributed by atoms with van der Waals surface area (Å²) in [4.78, 5) is 10.3. The van der Waals surface area contributed by atoms with Crippen LogP contribution in [0.5, 0.6) is 0 Å². The minimum atomic E-state index is 0.0524. The SMILES string of the molecule is COCC(CCl)Nc1ccnc(N(C)C)n1. The van der Waals surface area contributed by atoms with Gasteiger partial charge in [-0.2, -0.15) is 4.98 Å². The maximum absolute atomic E-state index is 5.80. The molecule has 0 fully saturated rings. The van der Waals surface area contributed by atoms with Crippen LogP contribution in [0.1, 0.15) is 0 Å². The van der Waals surface area contributed by atoms with Crippen molar-refractivity contribution >= 4 is 23.4 Å². The molecule has 16 heavy (non-hydrogen) atoms. The molecule has 1 heterocycles. The summed E-state index contributed by atoms with van der Waals surface area (Å²) in [5.74, 6) is 1.88. The van der Waals surface area contributed by atoms with E-state index in [4.69, 9.17) is 16.3 Å². The lowest BCUT2D eigenvalue weighted by molar-refractivity contribution is 0.191. The van der Waals surface area contributed by atoms with Crippen LogP contribution in [0.25, 0.3) is 0 Å². The number of hydrogen-bond donors (Lipinski definition) is 1. The van der Waals surface area contributed by atoms with Gasteiger partial charge in [0.1, 0.15) is 5.82 Å². The van der Waals surface area contributed by atoms with Crippen molar-refractivity contribution in [2.24, 2.45) is 0 Å². The Kier molecular flexibility index (Phi) is 5.28. The first-order valence-corrected chi connectivity index (χ1v) is 5.52. The number of alkyl halides is 1. The highest BCUT2D eigenvalue weighted by Gasteiger charge is 2.08. The molecule has 1 rings (SSSR count). The summed E-state index contributed by atoms with van der Waals surface area (Å²) >= 11 is 5.80. The van der Waals surface area contributed by atoms with Gasteiger partial charge in [0.05, 0.1) is 12.6 Å².